The van der Waals surface area contributed by atoms with Crippen LogP contribution in [0.3, 0.4) is 0 Å². The first-order valence-corrected chi connectivity index (χ1v) is 11.1. The van der Waals surface area contributed by atoms with Crippen LogP contribution in [-0.4, -0.2) is 40.6 Å². The molecule has 1 aliphatic rings. The number of oxime groups is 1. The predicted molar refractivity (Wildman–Crippen MR) is 121 cm³/mol. The van der Waals surface area contributed by atoms with E-state index in [0.29, 0.717) is 11.3 Å². The monoisotopic (exact) mass is 477 g/mol. The highest BCUT2D eigenvalue weighted by Gasteiger charge is 2.38. The molecule has 10 nitrogen and oxygen atoms in total. The van der Waals surface area contributed by atoms with Crippen LogP contribution in [0.4, 0.5) is 5.13 Å². The molecule has 178 valence electrons. The van der Waals surface area contributed by atoms with Gasteiger partial charge >= 0.3 is 11.9 Å². The predicted octanol–water partition coefficient (Wildman–Crippen LogP) is 3.67. The summed E-state index contributed by atoms with van der Waals surface area (Å²) in [4.78, 5) is 34.5. The van der Waals surface area contributed by atoms with Gasteiger partial charge in [0.2, 0.25) is 11.5 Å². The van der Waals surface area contributed by atoms with Gasteiger partial charge in [0.1, 0.15) is 23.5 Å². The van der Waals surface area contributed by atoms with Crippen LogP contribution in [0.15, 0.2) is 22.7 Å². The van der Waals surface area contributed by atoms with Crippen molar-refractivity contribution in [1.82, 2.24) is 4.98 Å². The zero-order valence-electron chi connectivity index (χ0n) is 19.4. The molecule has 0 saturated heterocycles. The zero-order valence-corrected chi connectivity index (χ0v) is 20.2. The van der Waals surface area contributed by atoms with Crippen LogP contribution >= 0.6 is 11.3 Å². The number of rotatable bonds is 7. The topological polar surface area (TPSA) is 132 Å². The molecule has 2 aromatic rings. The van der Waals surface area contributed by atoms with Crippen molar-refractivity contribution in [1.29, 1.82) is 0 Å². The molecule has 0 bridgehead atoms. The van der Waals surface area contributed by atoms with Crippen LogP contribution in [0.2, 0.25) is 0 Å². The lowest BCUT2D eigenvalue weighted by atomic mass is 10.1. The van der Waals surface area contributed by atoms with Gasteiger partial charge < -0.3 is 29.5 Å². The average Bonchev–Trinajstić information content (AvgIpc) is 3.25. The van der Waals surface area contributed by atoms with Crippen molar-refractivity contribution in [3.05, 3.63) is 34.3 Å². The molecule has 0 radical (unpaired) electrons. The second-order valence-corrected chi connectivity index (χ2v) is 9.43. The van der Waals surface area contributed by atoms with E-state index in [1.165, 1.54) is 0 Å². The molecular formula is C22H27N3O7S. The molecule has 0 aliphatic carbocycles. The maximum absolute atomic E-state index is 12.7. The molecule has 0 fully saturated rings. The Morgan fingerprint density at radius 3 is 2.52 bits per heavy atom. The summed E-state index contributed by atoms with van der Waals surface area (Å²) in [6.45, 7) is 10.6. The van der Waals surface area contributed by atoms with Crippen molar-refractivity contribution < 1.29 is 33.4 Å². The lowest BCUT2D eigenvalue weighted by Crippen LogP contribution is -2.30. The molecule has 0 spiro atoms. The van der Waals surface area contributed by atoms with E-state index in [-0.39, 0.29) is 41.1 Å². The molecule has 3 rings (SSSR count). The zero-order chi connectivity index (χ0) is 24.4. The second kappa shape index (κ2) is 9.26. The number of nitrogens with two attached hydrogens (primary N) is 1. The second-order valence-electron chi connectivity index (χ2n) is 8.54. The molecule has 0 atom stereocenters. The quantitative estimate of drug-likeness (QED) is 0.360. The maximum atomic E-state index is 12.7. The standard InChI is InChI=1S/C22H27N3O7S/c1-7-28-19(27)15(14-11-33-20(23)24-14)25-29-10-12-8-9-13(18(26)32-21(2,3)4)17-16(12)30-22(5,6)31-17/h8-9,11H,7,10H2,1-6H3,(H2,23,24). The van der Waals surface area contributed by atoms with Crippen molar-refractivity contribution in [2.45, 2.75) is 59.5 Å². The number of carbonyl (C=O) groups excluding carboxylic acids is 2. The van der Waals surface area contributed by atoms with E-state index in [1.807, 2.05) is 0 Å². The minimum absolute atomic E-state index is 0.0705. The minimum atomic E-state index is -0.993. The summed E-state index contributed by atoms with van der Waals surface area (Å²) in [6.07, 6.45) is 0. The van der Waals surface area contributed by atoms with Gasteiger partial charge in [0.25, 0.3) is 0 Å². The molecule has 1 aromatic heterocycles. The summed E-state index contributed by atoms with van der Waals surface area (Å²) in [5.74, 6) is -1.61. The minimum Gasteiger partial charge on any atom is -0.461 e. The van der Waals surface area contributed by atoms with Crippen LogP contribution < -0.4 is 15.2 Å². The maximum Gasteiger partial charge on any atom is 0.362 e. The van der Waals surface area contributed by atoms with Crippen molar-refractivity contribution in [3.63, 3.8) is 0 Å². The summed E-state index contributed by atoms with van der Waals surface area (Å²) in [5, 5.41) is 5.80. The van der Waals surface area contributed by atoms with E-state index in [0.717, 1.165) is 11.3 Å². The molecule has 2 heterocycles. The molecule has 33 heavy (non-hydrogen) atoms. The van der Waals surface area contributed by atoms with Crippen LogP contribution in [0, 0.1) is 0 Å². The number of aromatic nitrogens is 1. The van der Waals surface area contributed by atoms with E-state index < -0.39 is 23.3 Å². The first-order chi connectivity index (χ1) is 15.4. The number of nitrogen functional groups attached to an aromatic ring is 1. The van der Waals surface area contributed by atoms with E-state index in [2.05, 4.69) is 10.1 Å². The lowest BCUT2D eigenvalue weighted by Gasteiger charge is -2.20. The number of esters is 2. The molecule has 2 N–H and O–H groups in total. The summed E-state index contributed by atoms with van der Waals surface area (Å²) in [5.41, 5.74) is 5.94. The Bertz CT molecular complexity index is 1090. The van der Waals surface area contributed by atoms with Crippen molar-refractivity contribution in [2.24, 2.45) is 5.16 Å². The molecular weight excluding hydrogens is 450 g/mol. The van der Waals surface area contributed by atoms with E-state index in [9.17, 15) is 9.59 Å². The number of nitrogens with zero attached hydrogens (tertiary/aromatic N) is 2. The Labute approximate surface area is 195 Å². The number of fused-ring (bicyclic) bond motifs is 1. The van der Waals surface area contributed by atoms with Crippen molar-refractivity contribution in [3.8, 4) is 11.5 Å². The van der Waals surface area contributed by atoms with Gasteiger partial charge in [-0.1, -0.05) is 11.2 Å². The number of carbonyl (C=O) groups is 2. The van der Waals surface area contributed by atoms with Gasteiger partial charge in [-0.05, 0) is 33.8 Å². The fourth-order valence-electron chi connectivity index (χ4n) is 2.89. The van der Waals surface area contributed by atoms with Crippen molar-refractivity contribution in [2.75, 3.05) is 12.3 Å². The Kier molecular flexibility index (Phi) is 6.82. The number of hydrogen-bond donors (Lipinski definition) is 1. The number of anilines is 1. The van der Waals surface area contributed by atoms with Gasteiger partial charge in [-0.2, -0.15) is 0 Å². The molecule has 0 saturated carbocycles. The highest BCUT2D eigenvalue weighted by Crippen LogP contribution is 2.45. The summed E-state index contributed by atoms with van der Waals surface area (Å²) in [6, 6.07) is 3.23. The van der Waals surface area contributed by atoms with Gasteiger partial charge in [-0.3, -0.25) is 0 Å². The van der Waals surface area contributed by atoms with Crippen LogP contribution in [0.25, 0.3) is 0 Å². The Morgan fingerprint density at radius 1 is 1.21 bits per heavy atom. The Hall–Kier alpha value is -3.34. The number of hydrogen-bond acceptors (Lipinski definition) is 11. The number of benzene rings is 1. The van der Waals surface area contributed by atoms with Crippen LogP contribution in [0.5, 0.6) is 11.5 Å². The lowest BCUT2D eigenvalue weighted by molar-refractivity contribution is -0.135. The third kappa shape index (κ3) is 5.92. The molecule has 0 amide bonds. The van der Waals surface area contributed by atoms with Crippen LogP contribution in [-0.2, 0) is 25.7 Å². The smallest absolute Gasteiger partial charge is 0.362 e. The molecule has 0 unspecified atom stereocenters. The van der Waals surface area contributed by atoms with E-state index in [1.54, 1.807) is 59.1 Å². The fraction of sp³-hybridized carbons (Fsp3) is 0.455. The Morgan fingerprint density at radius 2 is 1.91 bits per heavy atom. The molecule has 11 heteroatoms. The number of ether oxygens (including phenoxy) is 4. The van der Waals surface area contributed by atoms with Crippen molar-refractivity contribution >= 4 is 34.1 Å². The van der Waals surface area contributed by atoms with Gasteiger partial charge in [-0.15, -0.1) is 11.3 Å². The first-order valence-electron chi connectivity index (χ1n) is 10.3. The Balaban J connectivity index is 1.87. The third-order valence-corrected chi connectivity index (χ3v) is 4.79. The number of thiazole rings is 1. The fourth-order valence-corrected chi connectivity index (χ4v) is 3.44. The average molecular weight is 478 g/mol. The normalized spacial score (nSPS) is 14.7. The SMILES string of the molecule is CCOC(=O)C(=NOCc1ccc(C(=O)OC(C)(C)C)c2c1OC(C)(C)O2)c1csc(N)n1. The van der Waals surface area contributed by atoms with E-state index in [4.69, 9.17) is 29.5 Å². The van der Waals surface area contributed by atoms with Gasteiger partial charge in [0.15, 0.2) is 16.6 Å². The highest BCUT2D eigenvalue weighted by atomic mass is 32.1. The van der Waals surface area contributed by atoms with E-state index >= 15 is 0 Å². The largest absolute Gasteiger partial charge is 0.461 e. The summed E-state index contributed by atoms with van der Waals surface area (Å²) < 4.78 is 22.3. The molecule has 1 aromatic carbocycles. The van der Waals surface area contributed by atoms with Gasteiger partial charge in [0, 0.05) is 24.8 Å². The van der Waals surface area contributed by atoms with Gasteiger partial charge in [-0.25, -0.2) is 14.6 Å². The summed E-state index contributed by atoms with van der Waals surface area (Å²) in [7, 11) is 0. The first kappa shape index (κ1) is 24.3. The van der Waals surface area contributed by atoms with Gasteiger partial charge in [0.05, 0.1) is 6.61 Å². The summed E-state index contributed by atoms with van der Waals surface area (Å²) >= 11 is 1.16. The highest BCUT2D eigenvalue weighted by molar-refractivity contribution is 7.13. The third-order valence-electron chi connectivity index (χ3n) is 4.12. The van der Waals surface area contributed by atoms with Crippen LogP contribution in [0.1, 0.15) is 63.2 Å². The molecule has 1 aliphatic heterocycles.